The summed E-state index contributed by atoms with van der Waals surface area (Å²) in [7, 11) is -2.13. The van der Waals surface area contributed by atoms with Crippen molar-refractivity contribution in [1.29, 1.82) is 0 Å². The van der Waals surface area contributed by atoms with E-state index in [2.05, 4.69) is 9.46 Å². The lowest BCUT2D eigenvalue weighted by atomic mass is 10.3. The van der Waals surface area contributed by atoms with Crippen LogP contribution >= 0.6 is 0 Å². The third-order valence-electron chi connectivity index (χ3n) is 1.70. The van der Waals surface area contributed by atoms with E-state index in [4.69, 9.17) is 5.11 Å². The van der Waals surface area contributed by atoms with Gasteiger partial charge in [-0.3, -0.25) is 4.79 Å². The minimum atomic E-state index is -3.52. The van der Waals surface area contributed by atoms with Crippen LogP contribution in [0.4, 0.5) is 0 Å². The Kier molecular flexibility index (Phi) is 7.22. The van der Waals surface area contributed by atoms with Crippen LogP contribution in [0.2, 0.25) is 0 Å². The second-order valence-corrected chi connectivity index (χ2v) is 5.20. The molecule has 0 fully saturated rings. The normalized spacial score (nSPS) is 13.6. The highest BCUT2D eigenvalue weighted by atomic mass is 32.2. The molecular formula is C8H17NO6S. The van der Waals surface area contributed by atoms with Gasteiger partial charge in [0.25, 0.3) is 0 Å². The number of aliphatic carboxylic acids is 1. The van der Waals surface area contributed by atoms with Crippen molar-refractivity contribution < 1.29 is 28.2 Å². The number of ether oxygens (including phenoxy) is 1. The van der Waals surface area contributed by atoms with E-state index in [-0.39, 0.29) is 31.7 Å². The summed E-state index contributed by atoms with van der Waals surface area (Å²) in [6.07, 6.45) is -1.05. The molecule has 8 heteroatoms. The lowest BCUT2D eigenvalue weighted by Crippen LogP contribution is -2.35. The Balaban J connectivity index is 3.83. The molecule has 0 aliphatic rings. The zero-order valence-corrected chi connectivity index (χ0v) is 9.87. The molecule has 0 aliphatic carbocycles. The first kappa shape index (κ1) is 15.3. The molecule has 0 bridgehead atoms. The van der Waals surface area contributed by atoms with Crippen molar-refractivity contribution in [3.63, 3.8) is 0 Å². The zero-order valence-electron chi connectivity index (χ0n) is 9.05. The summed E-state index contributed by atoms with van der Waals surface area (Å²) in [4.78, 5) is 10.2. The molecule has 1 unspecified atom stereocenters. The van der Waals surface area contributed by atoms with E-state index in [1.807, 2.05) is 0 Å². The number of methoxy groups -OCH3 is 1. The van der Waals surface area contributed by atoms with Gasteiger partial charge in [0, 0.05) is 20.1 Å². The molecule has 7 nitrogen and oxygen atoms in total. The smallest absolute Gasteiger partial charge is 0.303 e. The molecular weight excluding hydrogens is 238 g/mol. The van der Waals surface area contributed by atoms with Gasteiger partial charge in [0.15, 0.2) is 0 Å². The van der Waals surface area contributed by atoms with Gasteiger partial charge in [-0.05, 0) is 6.42 Å². The summed E-state index contributed by atoms with van der Waals surface area (Å²) in [5.74, 6) is -1.30. The van der Waals surface area contributed by atoms with Crippen molar-refractivity contribution in [1.82, 2.24) is 4.72 Å². The largest absolute Gasteiger partial charge is 0.481 e. The van der Waals surface area contributed by atoms with E-state index in [0.717, 1.165) is 0 Å². The molecule has 96 valence electrons. The lowest BCUT2D eigenvalue weighted by Gasteiger charge is -2.10. The predicted octanol–water partition coefficient (Wildman–Crippen LogP) is -1.22. The molecule has 0 aromatic rings. The first-order valence-electron chi connectivity index (χ1n) is 4.73. The van der Waals surface area contributed by atoms with Crippen LogP contribution in [-0.4, -0.2) is 56.7 Å². The van der Waals surface area contributed by atoms with Crippen LogP contribution in [0.1, 0.15) is 12.8 Å². The summed E-state index contributed by atoms with van der Waals surface area (Å²) in [6.45, 7) is -0.0963. The Labute approximate surface area is 94.5 Å². The summed E-state index contributed by atoms with van der Waals surface area (Å²) >= 11 is 0. The molecule has 1 atom stereocenters. The highest BCUT2D eigenvalue weighted by Gasteiger charge is 2.13. The Bertz CT molecular complexity index is 302. The van der Waals surface area contributed by atoms with Crippen molar-refractivity contribution in [3.05, 3.63) is 0 Å². The van der Waals surface area contributed by atoms with Crippen LogP contribution in [0.25, 0.3) is 0 Å². The van der Waals surface area contributed by atoms with Gasteiger partial charge in [0.05, 0.1) is 18.5 Å². The van der Waals surface area contributed by atoms with E-state index >= 15 is 0 Å². The Morgan fingerprint density at radius 2 is 2.12 bits per heavy atom. The third-order valence-corrected chi connectivity index (χ3v) is 3.13. The third kappa shape index (κ3) is 8.60. The van der Waals surface area contributed by atoms with Crippen LogP contribution in [0.5, 0.6) is 0 Å². The van der Waals surface area contributed by atoms with Crippen LogP contribution in [0.15, 0.2) is 0 Å². The zero-order chi connectivity index (χ0) is 12.6. The lowest BCUT2D eigenvalue weighted by molar-refractivity contribution is -0.137. The van der Waals surface area contributed by atoms with Gasteiger partial charge in [-0.15, -0.1) is 0 Å². The minimum absolute atomic E-state index is 0.0393. The quantitative estimate of drug-likeness (QED) is 0.476. The molecule has 0 aromatic heterocycles. The molecule has 0 spiro atoms. The van der Waals surface area contributed by atoms with E-state index < -0.39 is 22.1 Å². The number of carbonyl (C=O) groups is 1. The number of aliphatic hydroxyl groups excluding tert-OH is 1. The van der Waals surface area contributed by atoms with Crippen LogP contribution in [0.3, 0.4) is 0 Å². The van der Waals surface area contributed by atoms with Gasteiger partial charge in [0.2, 0.25) is 10.0 Å². The summed E-state index contributed by atoms with van der Waals surface area (Å²) < 4.78 is 29.3. The Hall–Kier alpha value is -0.700. The van der Waals surface area contributed by atoms with Gasteiger partial charge in [-0.25, -0.2) is 13.1 Å². The number of hydrogen-bond donors (Lipinski definition) is 3. The average molecular weight is 255 g/mol. The number of carboxylic acid groups (broad SMARTS) is 1. The van der Waals surface area contributed by atoms with Gasteiger partial charge < -0.3 is 14.9 Å². The highest BCUT2D eigenvalue weighted by Crippen LogP contribution is 1.95. The molecule has 16 heavy (non-hydrogen) atoms. The van der Waals surface area contributed by atoms with Gasteiger partial charge in [-0.2, -0.15) is 0 Å². The Morgan fingerprint density at radius 1 is 1.50 bits per heavy atom. The maximum Gasteiger partial charge on any atom is 0.303 e. The first-order chi connectivity index (χ1) is 7.37. The fourth-order valence-electron chi connectivity index (χ4n) is 0.960. The topological polar surface area (TPSA) is 113 Å². The molecule has 3 N–H and O–H groups in total. The summed E-state index contributed by atoms with van der Waals surface area (Å²) in [5.41, 5.74) is 0. The molecule has 0 saturated carbocycles. The van der Waals surface area contributed by atoms with Gasteiger partial charge in [-0.1, -0.05) is 0 Å². The van der Waals surface area contributed by atoms with E-state index in [1.165, 1.54) is 7.11 Å². The van der Waals surface area contributed by atoms with Crippen LogP contribution < -0.4 is 4.72 Å². The van der Waals surface area contributed by atoms with Crippen molar-refractivity contribution in [2.75, 3.05) is 26.0 Å². The number of sulfonamides is 1. The van der Waals surface area contributed by atoms with Gasteiger partial charge in [0.1, 0.15) is 0 Å². The van der Waals surface area contributed by atoms with E-state index in [1.54, 1.807) is 0 Å². The van der Waals surface area contributed by atoms with Crippen molar-refractivity contribution in [2.45, 2.75) is 18.9 Å². The number of carboxylic acids is 1. The second-order valence-electron chi connectivity index (χ2n) is 3.27. The maximum absolute atomic E-state index is 11.3. The molecule has 0 amide bonds. The van der Waals surface area contributed by atoms with Gasteiger partial charge >= 0.3 is 5.97 Å². The monoisotopic (exact) mass is 255 g/mol. The SMILES string of the molecule is COCC(O)CNS(=O)(=O)CCCC(=O)O. The van der Waals surface area contributed by atoms with E-state index in [9.17, 15) is 18.3 Å². The first-order valence-corrected chi connectivity index (χ1v) is 6.38. The van der Waals surface area contributed by atoms with Crippen molar-refractivity contribution >= 4 is 16.0 Å². The second kappa shape index (κ2) is 7.55. The minimum Gasteiger partial charge on any atom is -0.481 e. The van der Waals surface area contributed by atoms with Crippen LogP contribution in [-0.2, 0) is 19.6 Å². The molecule has 0 radical (unpaired) electrons. The number of hydrogen-bond acceptors (Lipinski definition) is 5. The summed E-state index contributed by atoms with van der Waals surface area (Å²) in [6, 6.07) is 0. The average Bonchev–Trinajstić information content (AvgIpc) is 2.14. The van der Waals surface area contributed by atoms with Crippen molar-refractivity contribution in [3.8, 4) is 0 Å². The molecule has 0 saturated heterocycles. The summed E-state index contributed by atoms with van der Waals surface area (Å²) in [5, 5.41) is 17.5. The van der Waals surface area contributed by atoms with Crippen LogP contribution in [0, 0.1) is 0 Å². The highest BCUT2D eigenvalue weighted by molar-refractivity contribution is 7.89. The van der Waals surface area contributed by atoms with E-state index in [0.29, 0.717) is 0 Å². The predicted molar refractivity (Wildman–Crippen MR) is 56.5 cm³/mol. The maximum atomic E-state index is 11.3. The fraction of sp³-hybridized carbons (Fsp3) is 0.875. The molecule has 0 aliphatic heterocycles. The number of aliphatic hydroxyl groups is 1. The number of nitrogens with one attached hydrogen (secondary N) is 1. The number of rotatable bonds is 9. The standard InChI is InChI=1S/C8H17NO6S/c1-15-6-7(10)5-9-16(13,14)4-2-3-8(11)12/h7,9-10H,2-6H2,1H3,(H,11,12). The molecule has 0 rings (SSSR count). The van der Waals surface area contributed by atoms with Crippen molar-refractivity contribution in [2.24, 2.45) is 0 Å². The Morgan fingerprint density at radius 3 is 2.62 bits per heavy atom. The molecule has 0 heterocycles. The fourth-order valence-corrected chi connectivity index (χ4v) is 2.08. The molecule has 0 aromatic carbocycles.